The molecule has 2 N–H and O–H groups in total. The van der Waals surface area contributed by atoms with Crippen molar-refractivity contribution in [2.45, 2.75) is 38.6 Å². The molecule has 1 aliphatic heterocycles. The van der Waals surface area contributed by atoms with Crippen molar-refractivity contribution in [3.05, 3.63) is 23.8 Å². The molecule has 2 rings (SSSR count). The molecule has 1 heterocycles. The molecule has 5 heteroatoms. The molecule has 108 valence electrons. The van der Waals surface area contributed by atoms with Gasteiger partial charge in [-0.15, -0.1) is 0 Å². The molecule has 1 aromatic rings. The molecule has 1 aliphatic rings. The van der Waals surface area contributed by atoms with Crippen LogP contribution in [0.5, 0.6) is 0 Å². The number of para-hydroxylation sites is 1. The largest absolute Gasteiger partial charge is 0.481 e. The standard InChI is InChI=1S/C15H20N2O3/c1-15(2,3)9-6-5-7-10-13(9)17(4)14(20)11(16-10)8-12(18)19/h5-7,11,16H,8H2,1-4H3,(H,18,19). The molecule has 0 aliphatic carbocycles. The summed E-state index contributed by atoms with van der Waals surface area (Å²) in [6.07, 6.45) is -0.220. The van der Waals surface area contributed by atoms with Crippen LogP contribution in [0.25, 0.3) is 0 Å². The highest BCUT2D eigenvalue weighted by molar-refractivity contribution is 6.06. The van der Waals surface area contributed by atoms with Gasteiger partial charge in [0.05, 0.1) is 17.8 Å². The lowest BCUT2D eigenvalue weighted by Gasteiger charge is -2.36. The molecular weight excluding hydrogens is 256 g/mol. The Morgan fingerprint density at radius 3 is 2.60 bits per heavy atom. The molecule has 0 saturated carbocycles. The van der Waals surface area contributed by atoms with Crippen LogP contribution in [-0.2, 0) is 15.0 Å². The Morgan fingerprint density at radius 1 is 1.40 bits per heavy atom. The van der Waals surface area contributed by atoms with Crippen molar-refractivity contribution in [1.29, 1.82) is 0 Å². The summed E-state index contributed by atoms with van der Waals surface area (Å²) in [5.74, 6) is -1.20. The number of hydrogen-bond acceptors (Lipinski definition) is 3. The molecule has 1 aromatic carbocycles. The molecule has 1 unspecified atom stereocenters. The summed E-state index contributed by atoms with van der Waals surface area (Å²) in [5.41, 5.74) is 2.62. The van der Waals surface area contributed by atoms with Gasteiger partial charge in [0.25, 0.3) is 0 Å². The predicted molar refractivity (Wildman–Crippen MR) is 78.2 cm³/mol. The van der Waals surface area contributed by atoms with Gasteiger partial charge in [0, 0.05) is 7.05 Å². The first-order chi connectivity index (χ1) is 9.21. The van der Waals surface area contributed by atoms with E-state index in [1.807, 2.05) is 18.2 Å². The third kappa shape index (κ3) is 2.48. The van der Waals surface area contributed by atoms with Gasteiger partial charge in [0.15, 0.2) is 0 Å². The van der Waals surface area contributed by atoms with E-state index in [9.17, 15) is 9.59 Å². The lowest BCUT2D eigenvalue weighted by atomic mass is 9.84. The van der Waals surface area contributed by atoms with Gasteiger partial charge >= 0.3 is 5.97 Å². The first-order valence-corrected chi connectivity index (χ1v) is 6.61. The number of likely N-dealkylation sites (N-methyl/N-ethyl adjacent to an activating group) is 1. The van der Waals surface area contributed by atoms with E-state index in [-0.39, 0.29) is 17.7 Å². The second-order valence-electron chi connectivity index (χ2n) is 6.14. The third-order valence-electron chi connectivity index (χ3n) is 3.52. The Bertz CT molecular complexity index is 561. The van der Waals surface area contributed by atoms with Crippen molar-refractivity contribution in [1.82, 2.24) is 0 Å². The van der Waals surface area contributed by atoms with Gasteiger partial charge in [-0.25, -0.2) is 0 Å². The number of carbonyl (C=O) groups is 2. The summed E-state index contributed by atoms with van der Waals surface area (Å²) in [6.45, 7) is 6.26. The van der Waals surface area contributed by atoms with Crippen LogP contribution in [0, 0.1) is 0 Å². The van der Waals surface area contributed by atoms with Crippen LogP contribution in [0.15, 0.2) is 18.2 Å². The second kappa shape index (κ2) is 4.81. The van der Waals surface area contributed by atoms with E-state index < -0.39 is 12.0 Å². The average molecular weight is 276 g/mol. The van der Waals surface area contributed by atoms with Crippen LogP contribution in [0.4, 0.5) is 11.4 Å². The van der Waals surface area contributed by atoms with Gasteiger partial charge in [0.1, 0.15) is 6.04 Å². The third-order valence-corrected chi connectivity index (χ3v) is 3.52. The van der Waals surface area contributed by atoms with Crippen molar-refractivity contribution in [3.8, 4) is 0 Å². The number of carboxylic acid groups (broad SMARTS) is 1. The lowest BCUT2D eigenvalue weighted by Crippen LogP contribution is -2.47. The summed E-state index contributed by atoms with van der Waals surface area (Å²) in [6, 6.07) is 5.10. The van der Waals surface area contributed by atoms with E-state index in [1.165, 1.54) is 0 Å². The van der Waals surface area contributed by atoms with Gasteiger partial charge in [0.2, 0.25) is 5.91 Å². The predicted octanol–water partition coefficient (Wildman–Crippen LogP) is 2.22. The lowest BCUT2D eigenvalue weighted by molar-refractivity contribution is -0.138. The Morgan fingerprint density at radius 2 is 2.05 bits per heavy atom. The maximum atomic E-state index is 12.3. The second-order valence-corrected chi connectivity index (χ2v) is 6.14. The minimum Gasteiger partial charge on any atom is -0.481 e. The Balaban J connectivity index is 2.49. The maximum absolute atomic E-state index is 12.3. The zero-order valence-electron chi connectivity index (χ0n) is 12.2. The Kier molecular flexibility index (Phi) is 3.46. The number of carbonyl (C=O) groups excluding carboxylic acids is 1. The molecule has 1 atom stereocenters. The molecule has 0 aromatic heterocycles. The van der Waals surface area contributed by atoms with E-state index in [0.717, 1.165) is 16.9 Å². The van der Waals surface area contributed by atoms with E-state index in [1.54, 1.807) is 11.9 Å². The van der Waals surface area contributed by atoms with Crippen LogP contribution in [-0.4, -0.2) is 30.1 Å². The number of aliphatic carboxylic acids is 1. The monoisotopic (exact) mass is 276 g/mol. The zero-order valence-corrected chi connectivity index (χ0v) is 12.2. The van der Waals surface area contributed by atoms with Gasteiger partial charge in [-0.1, -0.05) is 32.9 Å². The Hall–Kier alpha value is -2.04. The molecule has 0 radical (unpaired) electrons. The Labute approximate surface area is 118 Å². The fourth-order valence-corrected chi connectivity index (χ4v) is 2.53. The number of hydrogen-bond donors (Lipinski definition) is 2. The molecule has 0 fully saturated rings. The smallest absolute Gasteiger partial charge is 0.305 e. The number of amides is 1. The van der Waals surface area contributed by atoms with Crippen molar-refractivity contribution in [3.63, 3.8) is 0 Å². The molecule has 1 amide bonds. The number of carboxylic acids is 1. The summed E-state index contributed by atoms with van der Waals surface area (Å²) in [4.78, 5) is 24.7. The van der Waals surface area contributed by atoms with Crippen LogP contribution >= 0.6 is 0 Å². The number of fused-ring (bicyclic) bond motifs is 1. The number of anilines is 2. The molecule has 0 spiro atoms. The normalized spacial score (nSPS) is 18.5. The van der Waals surface area contributed by atoms with Gasteiger partial charge in [-0.2, -0.15) is 0 Å². The molecule has 0 bridgehead atoms. The molecule has 20 heavy (non-hydrogen) atoms. The maximum Gasteiger partial charge on any atom is 0.305 e. The number of nitrogens with one attached hydrogen (secondary N) is 1. The van der Waals surface area contributed by atoms with Gasteiger partial charge in [-0.05, 0) is 17.0 Å². The van der Waals surface area contributed by atoms with E-state index in [0.29, 0.717) is 0 Å². The highest BCUT2D eigenvalue weighted by Gasteiger charge is 2.34. The summed E-state index contributed by atoms with van der Waals surface area (Å²) < 4.78 is 0. The van der Waals surface area contributed by atoms with Crippen molar-refractivity contribution >= 4 is 23.3 Å². The van der Waals surface area contributed by atoms with Crippen LogP contribution in [0.3, 0.4) is 0 Å². The highest BCUT2D eigenvalue weighted by atomic mass is 16.4. The first-order valence-electron chi connectivity index (χ1n) is 6.61. The van der Waals surface area contributed by atoms with Crippen LogP contribution < -0.4 is 10.2 Å². The summed E-state index contributed by atoms with van der Waals surface area (Å²) in [5, 5.41) is 11.9. The summed E-state index contributed by atoms with van der Waals surface area (Å²) >= 11 is 0. The fraction of sp³-hybridized carbons (Fsp3) is 0.467. The topological polar surface area (TPSA) is 69.6 Å². The van der Waals surface area contributed by atoms with Crippen LogP contribution in [0.1, 0.15) is 32.8 Å². The number of rotatable bonds is 2. The number of benzene rings is 1. The first kappa shape index (κ1) is 14.4. The van der Waals surface area contributed by atoms with Gasteiger partial charge < -0.3 is 15.3 Å². The average Bonchev–Trinajstić information content (AvgIpc) is 2.33. The van der Waals surface area contributed by atoms with Crippen molar-refractivity contribution < 1.29 is 14.7 Å². The van der Waals surface area contributed by atoms with Crippen molar-refractivity contribution in [2.75, 3.05) is 17.3 Å². The fourth-order valence-electron chi connectivity index (χ4n) is 2.53. The van der Waals surface area contributed by atoms with Crippen molar-refractivity contribution in [2.24, 2.45) is 0 Å². The van der Waals surface area contributed by atoms with E-state index in [4.69, 9.17) is 5.11 Å². The zero-order chi connectivity index (χ0) is 15.1. The minimum atomic E-state index is -0.986. The van der Waals surface area contributed by atoms with Gasteiger partial charge in [-0.3, -0.25) is 9.59 Å². The number of nitrogens with zero attached hydrogens (tertiary/aromatic N) is 1. The van der Waals surface area contributed by atoms with E-state index >= 15 is 0 Å². The molecular formula is C15H20N2O3. The summed E-state index contributed by atoms with van der Waals surface area (Å²) in [7, 11) is 1.70. The molecule has 5 nitrogen and oxygen atoms in total. The minimum absolute atomic E-state index is 0.0960. The SMILES string of the molecule is CN1C(=O)C(CC(=O)O)Nc2cccc(C(C)(C)C)c21. The highest BCUT2D eigenvalue weighted by Crippen LogP contribution is 2.40. The quantitative estimate of drug-likeness (QED) is 0.869. The van der Waals surface area contributed by atoms with E-state index in [2.05, 4.69) is 26.1 Å². The van der Waals surface area contributed by atoms with Crippen LogP contribution in [0.2, 0.25) is 0 Å². The molecule has 0 saturated heterocycles.